The van der Waals surface area contributed by atoms with Crippen LogP contribution >= 0.6 is 0 Å². The van der Waals surface area contributed by atoms with Crippen molar-refractivity contribution in [2.75, 3.05) is 0 Å². The highest BCUT2D eigenvalue weighted by Crippen LogP contribution is 2.21. The highest BCUT2D eigenvalue weighted by molar-refractivity contribution is 4.77. The molecular weight excluding hydrogens is 218 g/mol. The van der Waals surface area contributed by atoms with Crippen LogP contribution in [0.25, 0.3) is 0 Å². The summed E-state index contributed by atoms with van der Waals surface area (Å²) in [6.07, 6.45) is 22.0. The van der Waals surface area contributed by atoms with Crippen LogP contribution < -0.4 is 5.32 Å². The molecule has 0 aromatic heterocycles. The van der Waals surface area contributed by atoms with E-state index in [4.69, 9.17) is 0 Å². The maximum Gasteiger partial charge on any atom is 0.00696 e. The van der Waals surface area contributed by atoms with E-state index in [0.29, 0.717) is 0 Å². The standard InChI is InChI=1S/C17H33N/c1-2-5-9-13-16(12-8-4-1)18-17-14-10-6-3-7-11-15-17/h16-18H,1-15H2. The fourth-order valence-electron chi connectivity index (χ4n) is 3.76. The summed E-state index contributed by atoms with van der Waals surface area (Å²) in [6.45, 7) is 0. The lowest BCUT2D eigenvalue weighted by Gasteiger charge is -2.27. The molecule has 0 aromatic rings. The van der Waals surface area contributed by atoms with Gasteiger partial charge in [0.15, 0.2) is 0 Å². The molecule has 1 heteroatoms. The highest BCUT2D eigenvalue weighted by Gasteiger charge is 2.16. The summed E-state index contributed by atoms with van der Waals surface area (Å²) in [5, 5.41) is 4.02. The normalized spacial score (nSPS) is 26.7. The molecule has 1 nitrogen and oxygen atoms in total. The van der Waals surface area contributed by atoms with Crippen molar-refractivity contribution in [2.45, 2.75) is 108 Å². The Balaban J connectivity index is 1.73. The molecule has 0 bridgehead atoms. The van der Waals surface area contributed by atoms with Crippen LogP contribution in [0.3, 0.4) is 0 Å². The third-order valence-electron chi connectivity index (χ3n) is 4.93. The molecule has 1 N–H and O–H groups in total. The molecule has 0 saturated heterocycles. The minimum atomic E-state index is 0.840. The quantitative estimate of drug-likeness (QED) is 0.712. The SMILES string of the molecule is C1CCCCC(NC2CCCCCCC2)CCC1. The molecule has 0 spiro atoms. The predicted octanol–water partition coefficient (Wildman–Crippen LogP) is 5.19. The van der Waals surface area contributed by atoms with Gasteiger partial charge in [0.05, 0.1) is 0 Å². The Morgan fingerprint density at radius 1 is 0.389 bits per heavy atom. The molecule has 2 aliphatic carbocycles. The summed E-state index contributed by atoms with van der Waals surface area (Å²) >= 11 is 0. The first-order valence-electron chi connectivity index (χ1n) is 8.71. The van der Waals surface area contributed by atoms with Crippen LogP contribution in [0.5, 0.6) is 0 Å². The van der Waals surface area contributed by atoms with Gasteiger partial charge in [0.1, 0.15) is 0 Å². The number of hydrogen-bond donors (Lipinski definition) is 1. The van der Waals surface area contributed by atoms with E-state index in [1.54, 1.807) is 0 Å². The first kappa shape index (κ1) is 14.4. The molecule has 0 aliphatic heterocycles. The molecule has 2 fully saturated rings. The molecule has 0 unspecified atom stereocenters. The van der Waals surface area contributed by atoms with Crippen LogP contribution in [-0.2, 0) is 0 Å². The smallest absolute Gasteiger partial charge is 0.00696 e. The maximum absolute atomic E-state index is 4.02. The Kier molecular flexibility index (Phi) is 7.15. The minimum Gasteiger partial charge on any atom is -0.311 e. The maximum atomic E-state index is 4.02. The Morgan fingerprint density at radius 3 is 1.00 bits per heavy atom. The van der Waals surface area contributed by atoms with E-state index >= 15 is 0 Å². The van der Waals surface area contributed by atoms with Gasteiger partial charge in [0.25, 0.3) is 0 Å². The Labute approximate surface area is 114 Å². The van der Waals surface area contributed by atoms with Crippen molar-refractivity contribution in [1.29, 1.82) is 0 Å². The van der Waals surface area contributed by atoms with E-state index < -0.39 is 0 Å². The van der Waals surface area contributed by atoms with Gasteiger partial charge < -0.3 is 5.32 Å². The predicted molar refractivity (Wildman–Crippen MR) is 80.0 cm³/mol. The molecule has 0 atom stereocenters. The fourth-order valence-corrected chi connectivity index (χ4v) is 3.76. The summed E-state index contributed by atoms with van der Waals surface area (Å²) in [5.74, 6) is 0. The van der Waals surface area contributed by atoms with Gasteiger partial charge in [-0.1, -0.05) is 70.6 Å². The zero-order chi connectivity index (χ0) is 12.5. The number of rotatable bonds is 2. The summed E-state index contributed by atoms with van der Waals surface area (Å²) in [7, 11) is 0. The zero-order valence-corrected chi connectivity index (χ0v) is 12.3. The largest absolute Gasteiger partial charge is 0.311 e. The zero-order valence-electron chi connectivity index (χ0n) is 12.3. The molecule has 106 valence electrons. The van der Waals surface area contributed by atoms with Crippen molar-refractivity contribution in [1.82, 2.24) is 5.32 Å². The van der Waals surface area contributed by atoms with E-state index in [0.717, 1.165) is 12.1 Å². The van der Waals surface area contributed by atoms with Crippen molar-refractivity contribution in [3.8, 4) is 0 Å². The first-order valence-corrected chi connectivity index (χ1v) is 8.71. The van der Waals surface area contributed by atoms with Gasteiger partial charge in [-0.3, -0.25) is 0 Å². The summed E-state index contributed by atoms with van der Waals surface area (Å²) in [5.41, 5.74) is 0. The molecule has 0 radical (unpaired) electrons. The van der Waals surface area contributed by atoms with Gasteiger partial charge in [-0.2, -0.15) is 0 Å². The van der Waals surface area contributed by atoms with Crippen LogP contribution in [0.15, 0.2) is 0 Å². The molecule has 18 heavy (non-hydrogen) atoms. The Hall–Kier alpha value is -0.0400. The van der Waals surface area contributed by atoms with Crippen molar-refractivity contribution in [3.05, 3.63) is 0 Å². The molecule has 0 amide bonds. The second-order valence-corrected chi connectivity index (χ2v) is 6.60. The van der Waals surface area contributed by atoms with Crippen LogP contribution in [0.4, 0.5) is 0 Å². The van der Waals surface area contributed by atoms with Gasteiger partial charge in [-0.25, -0.2) is 0 Å². The number of hydrogen-bond acceptors (Lipinski definition) is 1. The van der Waals surface area contributed by atoms with E-state index in [1.807, 2.05) is 0 Å². The van der Waals surface area contributed by atoms with Crippen LogP contribution in [0.1, 0.15) is 96.3 Å². The van der Waals surface area contributed by atoms with Gasteiger partial charge in [0, 0.05) is 12.1 Å². The van der Waals surface area contributed by atoms with Crippen LogP contribution in [0.2, 0.25) is 0 Å². The highest BCUT2D eigenvalue weighted by atomic mass is 14.9. The second-order valence-electron chi connectivity index (χ2n) is 6.60. The van der Waals surface area contributed by atoms with Crippen molar-refractivity contribution < 1.29 is 0 Å². The van der Waals surface area contributed by atoms with Crippen molar-refractivity contribution in [2.24, 2.45) is 0 Å². The minimum absolute atomic E-state index is 0.840. The molecular formula is C17H33N. The molecule has 0 heterocycles. The van der Waals surface area contributed by atoms with E-state index in [-0.39, 0.29) is 0 Å². The fraction of sp³-hybridized carbons (Fsp3) is 1.00. The van der Waals surface area contributed by atoms with Crippen molar-refractivity contribution >= 4 is 0 Å². The lowest BCUT2D eigenvalue weighted by molar-refractivity contribution is 0.325. The van der Waals surface area contributed by atoms with Crippen LogP contribution in [-0.4, -0.2) is 12.1 Å². The van der Waals surface area contributed by atoms with E-state index in [9.17, 15) is 0 Å². The van der Waals surface area contributed by atoms with Crippen LogP contribution in [0, 0.1) is 0 Å². The summed E-state index contributed by atoms with van der Waals surface area (Å²) < 4.78 is 0. The van der Waals surface area contributed by atoms with E-state index in [1.165, 1.54) is 96.3 Å². The second kappa shape index (κ2) is 8.96. The van der Waals surface area contributed by atoms with E-state index in [2.05, 4.69) is 5.32 Å². The third-order valence-corrected chi connectivity index (χ3v) is 4.93. The topological polar surface area (TPSA) is 12.0 Å². The monoisotopic (exact) mass is 251 g/mol. The third kappa shape index (κ3) is 5.73. The summed E-state index contributed by atoms with van der Waals surface area (Å²) in [6, 6.07) is 1.68. The molecule has 2 rings (SSSR count). The first-order chi connectivity index (χ1) is 8.95. The molecule has 2 saturated carbocycles. The lowest BCUT2D eigenvalue weighted by atomic mass is 9.95. The Bertz CT molecular complexity index is 184. The lowest BCUT2D eigenvalue weighted by Crippen LogP contribution is -2.38. The number of nitrogens with one attached hydrogen (secondary N) is 1. The summed E-state index contributed by atoms with van der Waals surface area (Å²) in [4.78, 5) is 0. The van der Waals surface area contributed by atoms with Crippen molar-refractivity contribution in [3.63, 3.8) is 0 Å². The van der Waals surface area contributed by atoms with Gasteiger partial charge in [-0.15, -0.1) is 0 Å². The Morgan fingerprint density at radius 2 is 0.667 bits per heavy atom. The molecule has 0 aromatic carbocycles. The average Bonchev–Trinajstić information content (AvgIpc) is 2.46. The van der Waals surface area contributed by atoms with Gasteiger partial charge >= 0.3 is 0 Å². The molecule has 2 aliphatic rings. The van der Waals surface area contributed by atoms with Gasteiger partial charge in [0.2, 0.25) is 0 Å². The average molecular weight is 251 g/mol. The van der Waals surface area contributed by atoms with Gasteiger partial charge in [-0.05, 0) is 25.7 Å².